The molecule has 3 nitrogen and oxygen atoms in total. The van der Waals surface area contributed by atoms with Gasteiger partial charge in [0, 0.05) is 35.0 Å². The molecule has 0 radical (unpaired) electrons. The van der Waals surface area contributed by atoms with Crippen molar-refractivity contribution < 1.29 is 33.7 Å². The number of hydrogen-bond donors (Lipinski definition) is 1. The molecule has 0 aliphatic carbocycles. The summed E-state index contributed by atoms with van der Waals surface area (Å²) >= 11 is 1.77. The summed E-state index contributed by atoms with van der Waals surface area (Å²) in [4.78, 5) is 3.47. The van der Waals surface area contributed by atoms with E-state index in [-0.39, 0.29) is 30.6 Å². The number of benzene rings is 2. The highest BCUT2D eigenvalue weighted by atomic mass is 127. The first-order chi connectivity index (χ1) is 12.7. The van der Waals surface area contributed by atoms with Crippen molar-refractivity contribution in [3.63, 3.8) is 0 Å². The van der Waals surface area contributed by atoms with Gasteiger partial charge in [-0.1, -0.05) is 30.0 Å². The molecule has 3 aromatic rings. The number of halogens is 1. The van der Waals surface area contributed by atoms with E-state index in [4.69, 9.17) is 0 Å². The number of aliphatic hydroxyl groups is 1. The number of pyridine rings is 1. The summed E-state index contributed by atoms with van der Waals surface area (Å²) in [6, 6.07) is 19.4. The van der Waals surface area contributed by atoms with Gasteiger partial charge in [-0.05, 0) is 43.7 Å². The number of aryl methyl sites for hydroxylation is 2. The van der Waals surface area contributed by atoms with E-state index in [0.717, 1.165) is 11.6 Å². The minimum Gasteiger partial charge on any atom is -1.00 e. The average Bonchev–Trinajstić information content (AvgIpc) is 2.98. The van der Waals surface area contributed by atoms with Crippen molar-refractivity contribution in [3.8, 4) is 0 Å². The molecule has 0 fully saturated rings. The summed E-state index contributed by atoms with van der Waals surface area (Å²) in [6.45, 7) is 5.95. The van der Waals surface area contributed by atoms with Crippen LogP contribution in [-0.4, -0.2) is 18.3 Å². The molecule has 0 saturated carbocycles. The summed E-state index contributed by atoms with van der Waals surface area (Å²) in [5.41, 5.74) is 4.86. The maximum absolute atomic E-state index is 9.56. The van der Waals surface area contributed by atoms with Gasteiger partial charge < -0.3 is 34.0 Å². The van der Waals surface area contributed by atoms with Crippen LogP contribution in [0, 0.1) is 6.92 Å². The van der Waals surface area contributed by atoms with Crippen LogP contribution in [0.15, 0.2) is 64.5 Å². The van der Waals surface area contributed by atoms with Crippen molar-refractivity contribution in [1.82, 2.24) is 0 Å². The fraction of sp³-hybridized carbons (Fsp3) is 0.227. The first-order valence-corrected chi connectivity index (χ1v) is 9.83. The maximum Gasteiger partial charge on any atom is 0.212 e. The lowest BCUT2D eigenvalue weighted by Gasteiger charge is -2.19. The molecule has 27 heavy (non-hydrogen) atoms. The van der Waals surface area contributed by atoms with Crippen LogP contribution in [0.1, 0.15) is 18.2 Å². The molecule has 0 amide bonds. The van der Waals surface area contributed by atoms with Crippen LogP contribution in [0.3, 0.4) is 0 Å². The first kappa shape index (κ1) is 20.2. The highest BCUT2D eigenvalue weighted by Crippen LogP contribution is 2.46. The van der Waals surface area contributed by atoms with Crippen LogP contribution >= 0.6 is 11.8 Å². The normalized spacial score (nSPS) is 14.5. The molecule has 5 heteroatoms. The van der Waals surface area contributed by atoms with Crippen LogP contribution < -0.4 is 33.4 Å². The fourth-order valence-corrected chi connectivity index (χ4v) is 4.65. The summed E-state index contributed by atoms with van der Waals surface area (Å²) in [6.07, 6.45) is 2.24. The Bertz CT molecular complexity index is 1000. The third-order valence-electron chi connectivity index (χ3n) is 4.77. The summed E-state index contributed by atoms with van der Waals surface area (Å²) < 4.78 is 2.34. The second kappa shape index (κ2) is 8.63. The molecule has 0 saturated heterocycles. The zero-order valence-electron chi connectivity index (χ0n) is 15.5. The van der Waals surface area contributed by atoms with E-state index in [2.05, 4.69) is 84.0 Å². The SMILES string of the molecule is CC[n+]1c(/C=C2\Sc3ccc(C)cc3N2CCO)ccc2ccccc21.[I-]. The molecule has 1 N–H and O–H groups in total. The van der Waals surface area contributed by atoms with Crippen LogP contribution in [0.4, 0.5) is 5.69 Å². The van der Waals surface area contributed by atoms with E-state index < -0.39 is 0 Å². The lowest BCUT2D eigenvalue weighted by molar-refractivity contribution is -0.669. The van der Waals surface area contributed by atoms with Gasteiger partial charge in [0.25, 0.3) is 0 Å². The molecule has 1 aliphatic heterocycles. The molecule has 0 atom stereocenters. The zero-order valence-corrected chi connectivity index (χ0v) is 18.5. The van der Waals surface area contributed by atoms with Crippen molar-refractivity contribution in [2.45, 2.75) is 25.3 Å². The quantitative estimate of drug-likeness (QED) is 0.443. The smallest absolute Gasteiger partial charge is 0.212 e. The topological polar surface area (TPSA) is 27.4 Å². The van der Waals surface area contributed by atoms with Gasteiger partial charge in [-0.25, -0.2) is 0 Å². The number of nitrogens with zero attached hydrogens (tertiary/aromatic N) is 2. The number of aliphatic hydroxyl groups excluding tert-OH is 1. The number of para-hydroxylation sites is 1. The second-order valence-electron chi connectivity index (χ2n) is 6.49. The monoisotopic (exact) mass is 490 g/mol. The van der Waals surface area contributed by atoms with E-state index in [0.29, 0.717) is 6.54 Å². The molecule has 1 aliphatic rings. The van der Waals surface area contributed by atoms with Gasteiger partial charge in [-0.2, -0.15) is 4.57 Å². The lowest BCUT2D eigenvalue weighted by atomic mass is 10.1. The summed E-state index contributed by atoms with van der Waals surface area (Å²) in [7, 11) is 0. The summed E-state index contributed by atoms with van der Waals surface area (Å²) in [5.74, 6) is 0. The predicted octanol–water partition coefficient (Wildman–Crippen LogP) is 1.36. The Balaban J connectivity index is 0.00000210. The van der Waals surface area contributed by atoms with Gasteiger partial charge in [-0.3, -0.25) is 0 Å². The van der Waals surface area contributed by atoms with Gasteiger partial charge in [0.1, 0.15) is 6.54 Å². The first-order valence-electron chi connectivity index (χ1n) is 9.01. The van der Waals surface area contributed by atoms with Crippen molar-refractivity contribution >= 4 is 34.4 Å². The van der Waals surface area contributed by atoms with Crippen LogP contribution in [0.5, 0.6) is 0 Å². The van der Waals surface area contributed by atoms with E-state index in [9.17, 15) is 5.11 Å². The van der Waals surface area contributed by atoms with Gasteiger partial charge >= 0.3 is 0 Å². The predicted molar refractivity (Wildman–Crippen MR) is 109 cm³/mol. The van der Waals surface area contributed by atoms with Crippen LogP contribution in [0.2, 0.25) is 0 Å². The Hall–Kier alpha value is -1.57. The van der Waals surface area contributed by atoms with Crippen LogP contribution in [0.25, 0.3) is 17.0 Å². The van der Waals surface area contributed by atoms with Gasteiger partial charge in [0.15, 0.2) is 0 Å². The molecule has 0 bridgehead atoms. The highest BCUT2D eigenvalue weighted by Gasteiger charge is 2.26. The number of hydrogen-bond acceptors (Lipinski definition) is 3. The molecular weight excluding hydrogens is 467 g/mol. The third kappa shape index (κ3) is 3.86. The number of β-amino-alcohol motifs (C(OH)–C–C–N with tert-alkyl or cyclic N) is 1. The van der Waals surface area contributed by atoms with E-state index >= 15 is 0 Å². The number of thioether (sulfide) groups is 1. The Morgan fingerprint density at radius 1 is 1.11 bits per heavy atom. The second-order valence-corrected chi connectivity index (χ2v) is 7.55. The Morgan fingerprint density at radius 3 is 2.70 bits per heavy atom. The Labute approximate surface area is 181 Å². The molecule has 140 valence electrons. The molecule has 2 heterocycles. The van der Waals surface area contributed by atoms with Gasteiger partial charge in [0.2, 0.25) is 11.2 Å². The largest absolute Gasteiger partial charge is 1.00 e. The third-order valence-corrected chi connectivity index (χ3v) is 5.88. The molecule has 1 aromatic heterocycles. The van der Waals surface area contributed by atoms with Crippen molar-refractivity contribution in [1.29, 1.82) is 0 Å². The van der Waals surface area contributed by atoms with Gasteiger partial charge in [0.05, 0.1) is 17.3 Å². The number of rotatable bonds is 4. The molecule has 0 spiro atoms. The standard InChI is InChI=1S/C22H23N2OS.HI/c1-3-23-18(10-9-17-6-4-5-7-19(17)23)15-22-24(12-13-25)20-14-16(2)8-11-21(20)26-22;/h4-11,14-15,25H,3,12-13H2,1-2H3;1H/q+1;/p-1. The molecule has 0 unspecified atom stereocenters. The Morgan fingerprint density at radius 2 is 1.93 bits per heavy atom. The van der Waals surface area contributed by atoms with Gasteiger partial charge in [-0.15, -0.1) is 0 Å². The number of aromatic nitrogens is 1. The highest BCUT2D eigenvalue weighted by molar-refractivity contribution is 8.03. The van der Waals surface area contributed by atoms with Crippen molar-refractivity contribution in [2.75, 3.05) is 18.1 Å². The summed E-state index contributed by atoms with van der Waals surface area (Å²) in [5, 5.41) is 12.0. The van der Waals surface area contributed by atoms with Crippen molar-refractivity contribution in [2.24, 2.45) is 0 Å². The molecule has 4 rings (SSSR count). The lowest BCUT2D eigenvalue weighted by Crippen LogP contribution is -3.00. The van der Waals surface area contributed by atoms with E-state index in [1.807, 2.05) is 0 Å². The zero-order chi connectivity index (χ0) is 18.1. The number of fused-ring (bicyclic) bond motifs is 2. The Kier molecular flexibility index (Phi) is 6.44. The number of anilines is 1. The van der Waals surface area contributed by atoms with Crippen LogP contribution in [-0.2, 0) is 6.54 Å². The minimum absolute atomic E-state index is 0. The average molecular weight is 490 g/mol. The molecular formula is C22H23IN2OS. The van der Waals surface area contributed by atoms with E-state index in [1.165, 1.54) is 32.7 Å². The van der Waals surface area contributed by atoms with Crippen molar-refractivity contribution in [3.05, 3.63) is 70.9 Å². The van der Waals surface area contributed by atoms with E-state index in [1.54, 1.807) is 11.8 Å². The minimum atomic E-state index is 0. The maximum atomic E-state index is 9.56. The fourth-order valence-electron chi connectivity index (χ4n) is 3.53. The molecule has 2 aromatic carbocycles.